The predicted octanol–water partition coefficient (Wildman–Crippen LogP) is 1.45. The molecular weight excluding hydrogens is 255 g/mol. The van der Waals surface area contributed by atoms with E-state index in [4.69, 9.17) is 11.8 Å². The largest absolute Gasteiger partial charge is 0.276 e. The zero-order chi connectivity index (χ0) is 11.7. The summed E-state index contributed by atoms with van der Waals surface area (Å²) in [6, 6.07) is 0. The molecule has 0 N–H and O–H groups in total. The highest BCUT2D eigenvalue weighted by Gasteiger charge is 2.22. The van der Waals surface area contributed by atoms with E-state index in [-0.39, 0.29) is 0 Å². The molecule has 86 valence electrons. The van der Waals surface area contributed by atoms with Crippen molar-refractivity contribution < 1.29 is 0 Å². The van der Waals surface area contributed by atoms with Gasteiger partial charge in [0, 0.05) is 37.2 Å². The van der Waals surface area contributed by atoms with Gasteiger partial charge in [-0.2, -0.15) is 0 Å². The number of hydrogen-bond donors (Lipinski definition) is 0. The summed E-state index contributed by atoms with van der Waals surface area (Å²) in [7, 11) is 0. The summed E-state index contributed by atoms with van der Waals surface area (Å²) >= 11 is 5.84. The van der Waals surface area contributed by atoms with Gasteiger partial charge in [0.15, 0.2) is 0 Å². The number of imidazole rings is 3. The minimum atomic E-state index is -2.24. The van der Waals surface area contributed by atoms with E-state index in [2.05, 4.69) is 15.0 Å². The smallest absolute Gasteiger partial charge is 0.233 e. The zero-order valence-electron chi connectivity index (χ0n) is 8.73. The molecule has 3 rings (SSSR count). The molecule has 0 radical (unpaired) electrons. The van der Waals surface area contributed by atoms with Gasteiger partial charge in [-0.15, -0.1) is 0 Å². The molecule has 0 fully saturated rings. The van der Waals surface area contributed by atoms with Gasteiger partial charge in [-0.05, 0) is 11.8 Å². The highest BCUT2D eigenvalue weighted by molar-refractivity contribution is 8.12. The molecule has 8 heteroatoms. The van der Waals surface area contributed by atoms with Gasteiger partial charge in [-0.25, -0.2) is 15.0 Å². The van der Waals surface area contributed by atoms with Crippen molar-refractivity contribution in [3.63, 3.8) is 0 Å². The van der Waals surface area contributed by atoms with Gasteiger partial charge in [-0.3, -0.25) is 13.0 Å². The third kappa shape index (κ3) is 1.55. The van der Waals surface area contributed by atoms with E-state index >= 15 is 0 Å². The highest BCUT2D eigenvalue weighted by Crippen LogP contribution is 2.49. The van der Waals surface area contributed by atoms with Gasteiger partial charge < -0.3 is 0 Å². The van der Waals surface area contributed by atoms with E-state index in [0.717, 1.165) is 0 Å². The van der Waals surface area contributed by atoms with Crippen molar-refractivity contribution in [1.82, 2.24) is 28.0 Å². The van der Waals surface area contributed by atoms with Crippen LogP contribution >= 0.6 is 6.49 Å². The maximum absolute atomic E-state index is 5.84. The zero-order valence-corrected chi connectivity index (χ0v) is 10.4. The van der Waals surface area contributed by atoms with E-state index in [0.29, 0.717) is 0 Å². The molecule has 0 amide bonds. The lowest BCUT2D eigenvalue weighted by Gasteiger charge is -2.24. The second-order valence-corrected chi connectivity index (χ2v) is 7.22. The third-order valence-corrected chi connectivity index (χ3v) is 6.59. The molecule has 0 atom stereocenters. The van der Waals surface area contributed by atoms with Crippen LogP contribution in [0.4, 0.5) is 0 Å². The summed E-state index contributed by atoms with van der Waals surface area (Å²) in [6.45, 7) is -2.24. The standard InChI is InChI=1S/C9H9N6PS/c17-16(13-4-1-10-7-13,14-5-2-11-8-14)15-6-3-12-9-15/h1-9H. The SMILES string of the molecule is S=P(n1ccnc1)(n1ccnc1)n1ccnc1. The van der Waals surface area contributed by atoms with Crippen molar-refractivity contribution in [3.8, 4) is 0 Å². The lowest BCUT2D eigenvalue weighted by Crippen LogP contribution is -2.09. The molecular formula is C9H9N6PS. The second kappa shape index (κ2) is 3.94. The fourth-order valence-electron chi connectivity index (χ4n) is 1.58. The summed E-state index contributed by atoms with van der Waals surface area (Å²) in [4.78, 5) is 12.2. The van der Waals surface area contributed by atoms with Crippen molar-refractivity contribution in [3.05, 3.63) is 56.2 Å². The van der Waals surface area contributed by atoms with Gasteiger partial charge in [-0.1, -0.05) is 0 Å². The number of aromatic nitrogens is 6. The molecule has 0 aliphatic rings. The van der Waals surface area contributed by atoms with Crippen LogP contribution in [0.15, 0.2) is 56.2 Å². The first-order valence-electron chi connectivity index (χ1n) is 4.88. The Balaban J connectivity index is 2.26. The number of nitrogens with zero attached hydrogens (tertiary/aromatic N) is 6. The fourth-order valence-corrected chi connectivity index (χ4v) is 4.44. The Kier molecular flexibility index (Phi) is 2.42. The average Bonchev–Trinajstić information content (AvgIpc) is 3.10. The van der Waals surface area contributed by atoms with Crippen LogP contribution in [0.1, 0.15) is 0 Å². The van der Waals surface area contributed by atoms with Gasteiger partial charge in [0.05, 0.1) is 0 Å². The molecule has 0 spiro atoms. The lowest BCUT2D eigenvalue weighted by atomic mass is 11.0. The van der Waals surface area contributed by atoms with E-state index < -0.39 is 6.49 Å². The van der Waals surface area contributed by atoms with Crippen LogP contribution < -0.4 is 0 Å². The molecule has 0 saturated heterocycles. The van der Waals surface area contributed by atoms with Crippen LogP contribution in [0.3, 0.4) is 0 Å². The molecule has 3 aromatic rings. The monoisotopic (exact) mass is 264 g/mol. The van der Waals surface area contributed by atoms with Gasteiger partial charge in [0.2, 0.25) is 6.49 Å². The summed E-state index contributed by atoms with van der Waals surface area (Å²) in [5, 5.41) is 0. The lowest BCUT2D eigenvalue weighted by molar-refractivity contribution is 1.02. The third-order valence-electron chi connectivity index (χ3n) is 2.37. The Morgan fingerprint density at radius 1 is 0.706 bits per heavy atom. The molecule has 17 heavy (non-hydrogen) atoms. The maximum atomic E-state index is 5.84. The Morgan fingerprint density at radius 2 is 1.06 bits per heavy atom. The van der Waals surface area contributed by atoms with Crippen molar-refractivity contribution >= 4 is 18.3 Å². The normalized spacial score (nSPS) is 11.8. The molecule has 0 aromatic carbocycles. The predicted molar refractivity (Wildman–Crippen MR) is 67.2 cm³/mol. The number of hydrogen-bond acceptors (Lipinski definition) is 4. The average molecular weight is 264 g/mol. The molecule has 0 bridgehead atoms. The van der Waals surface area contributed by atoms with Gasteiger partial charge in [0.1, 0.15) is 19.0 Å². The summed E-state index contributed by atoms with van der Waals surface area (Å²) in [6.07, 6.45) is 15.9. The van der Waals surface area contributed by atoms with Gasteiger partial charge in [0.25, 0.3) is 0 Å². The first-order valence-corrected chi connectivity index (χ1v) is 7.54. The van der Waals surface area contributed by atoms with E-state index in [9.17, 15) is 0 Å². The van der Waals surface area contributed by atoms with Crippen LogP contribution in [0.25, 0.3) is 0 Å². The minimum absolute atomic E-state index is 1.72. The maximum Gasteiger partial charge on any atom is 0.233 e. The topological polar surface area (TPSA) is 53.5 Å². The molecule has 0 unspecified atom stereocenters. The molecule has 6 nitrogen and oxygen atoms in total. The Hall–Kier alpha value is -1.72. The first-order chi connectivity index (χ1) is 8.32. The van der Waals surface area contributed by atoms with E-state index in [1.165, 1.54) is 0 Å². The Morgan fingerprint density at radius 3 is 1.29 bits per heavy atom. The second-order valence-electron chi connectivity index (χ2n) is 3.34. The summed E-state index contributed by atoms with van der Waals surface area (Å²) in [5.41, 5.74) is 0. The summed E-state index contributed by atoms with van der Waals surface area (Å²) < 4.78 is 5.77. The Bertz CT molecular complexity index is 536. The molecule has 0 aliphatic heterocycles. The van der Waals surface area contributed by atoms with Crippen molar-refractivity contribution in [1.29, 1.82) is 0 Å². The molecule has 3 aromatic heterocycles. The molecule has 3 heterocycles. The van der Waals surface area contributed by atoms with Crippen LogP contribution in [-0.4, -0.2) is 28.0 Å². The molecule has 0 aliphatic carbocycles. The van der Waals surface area contributed by atoms with Crippen LogP contribution in [-0.2, 0) is 11.8 Å². The number of rotatable bonds is 3. The summed E-state index contributed by atoms with van der Waals surface area (Å²) in [5.74, 6) is 0. The fraction of sp³-hybridized carbons (Fsp3) is 0. The van der Waals surface area contributed by atoms with Crippen LogP contribution in [0, 0.1) is 0 Å². The van der Waals surface area contributed by atoms with Crippen molar-refractivity contribution in [2.75, 3.05) is 0 Å². The van der Waals surface area contributed by atoms with Crippen LogP contribution in [0.2, 0.25) is 0 Å². The van der Waals surface area contributed by atoms with E-state index in [1.54, 1.807) is 37.6 Å². The van der Waals surface area contributed by atoms with Gasteiger partial charge >= 0.3 is 0 Å². The molecule has 0 saturated carbocycles. The minimum Gasteiger partial charge on any atom is -0.276 e. The van der Waals surface area contributed by atoms with E-state index in [1.807, 2.05) is 31.6 Å². The first kappa shape index (κ1) is 10.4. The quantitative estimate of drug-likeness (QED) is 0.672. The van der Waals surface area contributed by atoms with Crippen molar-refractivity contribution in [2.45, 2.75) is 0 Å². The highest BCUT2D eigenvalue weighted by atomic mass is 32.4. The Labute approximate surface area is 103 Å². The van der Waals surface area contributed by atoms with Crippen LogP contribution in [0.5, 0.6) is 0 Å². The van der Waals surface area contributed by atoms with Crippen molar-refractivity contribution in [2.24, 2.45) is 0 Å².